The Hall–Kier alpha value is -1.55. The van der Waals surface area contributed by atoms with Crippen molar-refractivity contribution in [2.75, 3.05) is 20.3 Å². The van der Waals surface area contributed by atoms with Crippen LogP contribution in [0.3, 0.4) is 0 Å². The highest BCUT2D eigenvalue weighted by molar-refractivity contribution is 5.78. The summed E-state index contributed by atoms with van der Waals surface area (Å²) in [5, 5.41) is 2.91. The van der Waals surface area contributed by atoms with Crippen molar-refractivity contribution in [3.8, 4) is 5.75 Å². The SMILES string of the molecule is COc1ccc(CC(=O)NC[C@H]2CCCO2)cc1. The quantitative estimate of drug-likeness (QED) is 0.861. The van der Waals surface area contributed by atoms with E-state index in [1.54, 1.807) is 7.11 Å². The first kappa shape index (κ1) is 12.9. The number of ether oxygens (including phenoxy) is 2. The van der Waals surface area contributed by atoms with Crippen LogP contribution in [0.15, 0.2) is 24.3 Å². The predicted molar refractivity (Wildman–Crippen MR) is 68.7 cm³/mol. The van der Waals surface area contributed by atoms with Gasteiger partial charge in [0.15, 0.2) is 0 Å². The molecular weight excluding hydrogens is 230 g/mol. The standard InChI is InChI=1S/C14H19NO3/c1-17-12-6-4-11(5-7-12)9-14(16)15-10-13-3-2-8-18-13/h4-7,13H,2-3,8-10H2,1H3,(H,15,16)/t13-/m1/s1. The van der Waals surface area contributed by atoms with E-state index in [4.69, 9.17) is 9.47 Å². The molecule has 0 bridgehead atoms. The summed E-state index contributed by atoms with van der Waals surface area (Å²) in [5.41, 5.74) is 0.987. The number of benzene rings is 1. The van der Waals surface area contributed by atoms with Gasteiger partial charge in [-0.15, -0.1) is 0 Å². The molecule has 1 aromatic carbocycles. The van der Waals surface area contributed by atoms with Gasteiger partial charge in [-0.25, -0.2) is 0 Å². The smallest absolute Gasteiger partial charge is 0.224 e. The fourth-order valence-electron chi connectivity index (χ4n) is 2.02. The van der Waals surface area contributed by atoms with Crippen LogP contribution in [0.1, 0.15) is 18.4 Å². The Balaban J connectivity index is 1.75. The van der Waals surface area contributed by atoms with Gasteiger partial charge in [-0.05, 0) is 30.5 Å². The summed E-state index contributed by atoms with van der Waals surface area (Å²) in [5.74, 6) is 0.842. The highest BCUT2D eigenvalue weighted by Crippen LogP contribution is 2.12. The topological polar surface area (TPSA) is 47.6 Å². The summed E-state index contributed by atoms with van der Waals surface area (Å²) in [7, 11) is 1.63. The van der Waals surface area contributed by atoms with Crippen LogP contribution in [0.2, 0.25) is 0 Å². The fraction of sp³-hybridized carbons (Fsp3) is 0.500. The molecule has 1 aromatic rings. The zero-order chi connectivity index (χ0) is 12.8. The van der Waals surface area contributed by atoms with Crippen LogP contribution >= 0.6 is 0 Å². The maximum atomic E-state index is 11.7. The van der Waals surface area contributed by atoms with Crippen LogP contribution in [0.4, 0.5) is 0 Å². The molecule has 0 saturated carbocycles. The molecule has 0 aliphatic carbocycles. The lowest BCUT2D eigenvalue weighted by Gasteiger charge is -2.10. The van der Waals surface area contributed by atoms with Crippen LogP contribution in [-0.2, 0) is 16.0 Å². The number of rotatable bonds is 5. The van der Waals surface area contributed by atoms with Gasteiger partial charge >= 0.3 is 0 Å². The van der Waals surface area contributed by atoms with Gasteiger partial charge in [-0.3, -0.25) is 4.79 Å². The maximum Gasteiger partial charge on any atom is 0.224 e. The van der Waals surface area contributed by atoms with Crippen molar-refractivity contribution in [1.29, 1.82) is 0 Å². The second kappa shape index (κ2) is 6.40. The van der Waals surface area contributed by atoms with Gasteiger partial charge in [0.2, 0.25) is 5.91 Å². The summed E-state index contributed by atoms with van der Waals surface area (Å²) < 4.78 is 10.5. The van der Waals surface area contributed by atoms with Crippen LogP contribution in [0.5, 0.6) is 5.75 Å². The Labute approximate surface area is 107 Å². The number of nitrogens with one attached hydrogen (secondary N) is 1. The van der Waals surface area contributed by atoms with Crippen LogP contribution in [-0.4, -0.2) is 32.3 Å². The summed E-state index contributed by atoms with van der Waals surface area (Å²) in [6.07, 6.45) is 2.74. The zero-order valence-corrected chi connectivity index (χ0v) is 10.6. The van der Waals surface area contributed by atoms with Crippen molar-refractivity contribution in [1.82, 2.24) is 5.32 Å². The molecular formula is C14H19NO3. The average Bonchev–Trinajstić information content (AvgIpc) is 2.90. The molecule has 18 heavy (non-hydrogen) atoms. The first-order valence-electron chi connectivity index (χ1n) is 6.29. The third-order valence-corrected chi connectivity index (χ3v) is 3.07. The first-order chi connectivity index (χ1) is 8.78. The minimum absolute atomic E-state index is 0.0377. The van der Waals surface area contributed by atoms with E-state index < -0.39 is 0 Å². The Bertz CT molecular complexity index is 383. The maximum absolute atomic E-state index is 11.7. The second-order valence-electron chi connectivity index (χ2n) is 4.46. The van der Waals surface area contributed by atoms with Crippen molar-refractivity contribution in [3.05, 3.63) is 29.8 Å². The monoisotopic (exact) mass is 249 g/mol. The lowest BCUT2D eigenvalue weighted by Crippen LogP contribution is -2.32. The van der Waals surface area contributed by atoms with Gasteiger partial charge < -0.3 is 14.8 Å². The molecule has 0 spiro atoms. The van der Waals surface area contributed by atoms with Crippen molar-refractivity contribution in [2.24, 2.45) is 0 Å². The van der Waals surface area contributed by atoms with Crippen LogP contribution in [0, 0.1) is 0 Å². The van der Waals surface area contributed by atoms with Crippen LogP contribution < -0.4 is 10.1 Å². The fourth-order valence-corrected chi connectivity index (χ4v) is 2.02. The molecule has 0 unspecified atom stereocenters. The second-order valence-corrected chi connectivity index (χ2v) is 4.46. The zero-order valence-electron chi connectivity index (χ0n) is 10.6. The van der Waals surface area contributed by atoms with Gasteiger partial charge in [0.05, 0.1) is 19.6 Å². The molecule has 1 fully saturated rings. The van der Waals surface area contributed by atoms with E-state index >= 15 is 0 Å². The molecule has 2 rings (SSSR count). The molecule has 98 valence electrons. The Morgan fingerprint density at radius 3 is 2.83 bits per heavy atom. The van der Waals surface area contributed by atoms with E-state index in [-0.39, 0.29) is 12.0 Å². The molecule has 1 saturated heterocycles. The number of carbonyl (C=O) groups excluding carboxylic acids is 1. The Morgan fingerprint density at radius 1 is 1.44 bits per heavy atom. The van der Waals surface area contributed by atoms with Gasteiger partial charge in [-0.2, -0.15) is 0 Å². The molecule has 4 heteroatoms. The summed E-state index contributed by atoms with van der Waals surface area (Å²) in [4.78, 5) is 11.7. The summed E-state index contributed by atoms with van der Waals surface area (Å²) in [6, 6.07) is 7.54. The lowest BCUT2D eigenvalue weighted by molar-refractivity contribution is -0.120. The number of hydrogen-bond acceptors (Lipinski definition) is 3. The minimum atomic E-state index is 0.0377. The number of carbonyl (C=O) groups is 1. The van der Waals surface area contributed by atoms with Crippen molar-refractivity contribution < 1.29 is 14.3 Å². The van der Waals surface area contributed by atoms with Crippen molar-refractivity contribution in [2.45, 2.75) is 25.4 Å². The Morgan fingerprint density at radius 2 is 2.22 bits per heavy atom. The van der Waals surface area contributed by atoms with E-state index in [2.05, 4.69) is 5.32 Å². The normalized spacial score (nSPS) is 18.6. The van der Waals surface area contributed by atoms with E-state index in [1.807, 2.05) is 24.3 Å². The van der Waals surface area contributed by atoms with Gasteiger partial charge in [0.1, 0.15) is 5.75 Å². The molecule has 0 radical (unpaired) electrons. The third-order valence-electron chi connectivity index (χ3n) is 3.07. The number of methoxy groups -OCH3 is 1. The highest BCUT2D eigenvalue weighted by atomic mass is 16.5. The molecule has 0 aromatic heterocycles. The minimum Gasteiger partial charge on any atom is -0.497 e. The molecule has 1 heterocycles. The van der Waals surface area contributed by atoms with Gasteiger partial charge in [-0.1, -0.05) is 12.1 Å². The van der Waals surface area contributed by atoms with Crippen molar-refractivity contribution >= 4 is 5.91 Å². The molecule has 1 aliphatic heterocycles. The largest absolute Gasteiger partial charge is 0.497 e. The van der Waals surface area contributed by atoms with E-state index in [9.17, 15) is 4.79 Å². The molecule has 1 atom stereocenters. The molecule has 1 aliphatic rings. The van der Waals surface area contributed by atoms with Gasteiger partial charge in [0.25, 0.3) is 0 Å². The van der Waals surface area contributed by atoms with E-state index in [1.165, 1.54) is 0 Å². The lowest BCUT2D eigenvalue weighted by atomic mass is 10.1. The summed E-state index contributed by atoms with van der Waals surface area (Å²) in [6.45, 7) is 1.44. The van der Waals surface area contributed by atoms with Gasteiger partial charge in [0, 0.05) is 13.2 Å². The van der Waals surface area contributed by atoms with Crippen LogP contribution in [0.25, 0.3) is 0 Å². The molecule has 1 N–H and O–H groups in total. The highest BCUT2D eigenvalue weighted by Gasteiger charge is 2.16. The van der Waals surface area contributed by atoms with E-state index in [0.717, 1.165) is 30.8 Å². The number of hydrogen-bond donors (Lipinski definition) is 1. The predicted octanol–water partition coefficient (Wildman–Crippen LogP) is 1.53. The van der Waals surface area contributed by atoms with E-state index in [0.29, 0.717) is 13.0 Å². The Kier molecular flexibility index (Phi) is 4.59. The molecule has 4 nitrogen and oxygen atoms in total. The third kappa shape index (κ3) is 3.74. The first-order valence-corrected chi connectivity index (χ1v) is 6.29. The van der Waals surface area contributed by atoms with Crippen molar-refractivity contribution in [3.63, 3.8) is 0 Å². The average molecular weight is 249 g/mol. The number of amides is 1. The summed E-state index contributed by atoms with van der Waals surface area (Å²) >= 11 is 0. The molecule has 1 amide bonds.